The molecule has 1 aliphatic heterocycles. The van der Waals surface area contributed by atoms with Gasteiger partial charge >= 0.3 is 0 Å². The van der Waals surface area contributed by atoms with Gasteiger partial charge in [-0.2, -0.15) is 0 Å². The summed E-state index contributed by atoms with van der Waals surface area (Å²) in [5.74, 6) is 0.0413. The molecule has 2 atom stereocenters. The van der Waals surface area contributed by atoms with Gasteiger partial charge in [-0.1, -0.05) is 26.0 Å². The van der Waals surface area contributed by atoms with Crippen LogP contribution in [0.1, 0.15) is 37.0 Å². The maximum absolute atomic E-state index is 12.6. The monoisotopic (exact) mass is 333 g/mol. The Hall–Kier alpha value is -2.08. The molecule has 3 N–H and O–H groups in total. The largest absolute Gasteiger partial charge is 0.496 e. The van der Waals surface area contributed by atoms with Crippen LogP contribution in [0.3, 0.4) is 0 Å². The number of amides is 2. The molecule has 0 saturated carbocycles. The molecule has 132 valence electrons. The smallest absolute Gasteiger partial charge is 0.255 e. The molecule has 2 unspecified atom stereocenters. The van der Waals surface area contributed by atoms with Gasteiger partial charge in [0.1, 0.15) is 11.8 Å². The van der Waals surface area contributed by atoms with Crippen molar-refractivity contribution in [1.29, 1.82) is 0 Å². The lowest BCUT2D eigenvalue weighted by molar-refractivity contribution is -0.124. The van der Waals surface area contributed by atoms with Gasteiger partial charge in [-0.15, -0.1) is 0 Å². The van der Waals surface area contributed by atoms with Crippen molar-refractivity contribution in [2.75, 3.05) is 20.2 Å². The number of piperidine rings is 1. The lowest BCUT2D eigenvalue weighted by Gasteiger charge is -2.28. The lowest BCUT2D eigenvalue weighted by Crippen LogP contribution is -2.54. The van der Waals surface area contributed by atoms with Crippen molar-refractivity contribution in [2.24, 2.45) is 5.92 Å². The SMILES string of the molecule is COc1ccccc1C(=O)NC(C(=O)NC1CCCNC1)C(C)C. The number of nitrogens with one attached hydrogen (secondary N) is 3. The summed E-state index contributed by atoms with van der Waals surface area (Å²) in [6.07, 6.45) is 2.01. The number of hydrogen-bond acceptors (Lipinski definition) is 4. The van der Waals surface area contributed by atoms with E-state index in [0.717, 1.165) is 25.9 Å². The molecule has 2 rings (SSSR count). The van der Waals surface area contributed by atoms with Crippen LogP contribution in [0.4, 0.5) is 0 Å². The normalized spacial score (nSPS) is 18.8. The minimum Gasteiger partial charge on any atom is -0.496 e. The third kappa shape index (κ3) is 4.71. The summed E-state index contributed by atoms with van der Waals surface area (Å²) in [5.41, 5.74) is 0.429. The fraction of sp³-hybridized carbons (Fsp3) is 0.556. The highest BCUT2D eigenvalue weighted by molar-refractivity contribution is 5.99. The minimum absolute atomic E-state index is 0.0137. The first-order valence-corrected chi connectivity index (χ1v) is 8.48. The van der Waals surface area contributed by atoms with E-state index >= 15 is 0 Å². The number of rotatable bonds is 6. The topological polar surface area (TPSA) is 79.5 Å². The second kappa shape index (κ2) is 8.68. The van der Waals surface area contributed by atoms with Gasteiger partial charge in [0.15, 0.2) is 0 Å². The number of ether oxygens (including phenoxy) is 1. The number of carbonyl (C=O) groups is 2. The van der Waals surface area contributed by atoms with E-state index in [1.54, 1.807) is 24.3 Å². The van der Waals surface area contributed by atoms with Crippen molar-refractivity contribution < 1.29 is 14.3 Å². The molecule has 1 aliphatic rings. The van der Waals surface area contributed by atoms with Crippen LogP contribution >= 0.6 is 0 Å². The number of benzene rings is 1. The van der Waals surface area contributed by atoms with E-state index in [1.807, 2.05) is 13.8 Å². The van der Waals surface area contributed by atoms with Gasteiger partial charge in [0.05, 0.1) is 12.7 Å². The molecule has 1 saturated heterocycles. The summed E-state index contributed by atoms with van der Waals surface area (Å²) >= 11 is 0. The Balaban J connectivity index is 2.04. The predicted molar refractivity (Wildman–Crippen MR) is 93.1 cm³/mol. The Labute approximate surface area is 143 Å². The fourth-order valence-corrected chi connectivity index (χ4v) is 2.85. The summed E-state index contributed by atoms with van der Waals surface area (Å²) < 4.78 is 5.22. The maximum Gasteiger partial charge on any atom is 0.255 e. The first-order valence-electron chi connectivity index (χ1n) is 8.48. The van der Waals surface area contributed by atoms with Crippen LogP contribution in [0.5, 0.6) is 5.75 Å². The molecule has 0 bridgehead atoms. The fourth-order valence-electron chi connectivity index (χ4n) is 2.85. The van der Waals surface area contributed by atoms with E-state index in [2.05, 4.69) is 16.0 Å². The second-order valence-electron chi connectivity index (χ2n) is 6.45. The van der Waals surface area contributed by atoms with Crippen molar-refractivity contribution in [3.05, 3.63) is 29.8 Å². The molecule has 6 nitrogen and oxygen atoms in total. The van der Waals surface area contributed by atoms with Gasteiger partial charge in [0, 0.05) is 12.6 Å². The number of methoxy groups -OCH3 is 1. The van der Waals surface area contributed by atoms with Crippen molar-refractivity contribution in [1.82, 2.24) is 16.0 Å². The summed E-state index contributed by atoms with van der Waals surface area (Å²) in [6.45, 7) is 5.61. The molecule has 1 aromatic carbocycles. The van der Waals surface area contributed by atoms with Crippen LogP contribution in [0, 0.1) is 5.92 Å². The quantitative estimate of drug-likeness (QED) is 0.733. The zero-order valence-corrected chi connectivity index (χ0v) is 14.6. The first kappa shape index (κ1) is 18.3. The summed E-state index contributed by atoms with van der Waals surface area (Å²) in [7, 11) is 1.52. The summed E-state index contributed by atoms with van der Waals surface area (Å²) in [6, 6.07) is 6.54. The number of hydrogen-bond donors (Lipinski definition) is 3. The molecule has 2 amide bonds. The van der Waals surface area contributed by atoms with E-state index in [1.165, 1.54) is 7.11 Å². The van der Waals surface area contributed by atoms with Crippen LogP contribution in [0.15, 0.2) is 24.3 Å². The van der Waals surface area contributed by atoms with Crippen LogP contribution in [-0.2, 0) is 4.79 Å². The first-order chi connectivity index (χ1) is 11.5. The molecule has 1 heterocycles. The van der Waals surface area contributed by atoms with Crippen molar-refractivity contribution in [2.45, 2.75) is 38.8 Å². The average molecular weight is 333 g/mol. The Morgan fingerprint density at radius 1 is 1.29 bits per heavy atom. The maximum atomic E-state index is 12.6. The highest BCUT2D eigenvalue weighted by Crippen LogP contribution is 2.17. The molecule has 0 aliphatic carbocycles. The Morgan fingerprint density at radius 3 is 2.67 bits per heavy atom. The summed E-state index contributed by atoms with van der Waals surface area (Å²) in [5, 5.41) is 9.16. The van der Waals surface area contributed by atoms with Crippen LogP contribution in [0.25, 0.3) is 0 Å². The van der Waals surface area contributed by atoms with Gasteiger partial charge in [-0.05, 0) is 37.4 Å². The molecular formula is C18H27N3O3. The molecule has 0 radical (unpaired) electrons. The molecular weight excluding hydrogens is 306 g/mol. The highest BCUT2D eigenvalue weighted by atomic mass is 16.5. The van der Waals surface area contributed by atoms with Crippen molar-refractivity contribution >= 4 is 11.8 Å². The third-order valence-electron chi connectivity index (χ3n) is 4.23. The zero-order chi connectivity index (χ0) is 17.5. The molecule has 0 spiro atoms. The second-order valence-corrected chi connectivity index (χ2v) is 6.45. The molecule has 24 heavy (non-hydrogen) atoms. The predicted octanol–water partition coefficient (Wildman–Crippen LogP) is 1.32. The Morgan fingerprint density at radius 2 is 2.04 bits per heavy atom. The molecule has 1 aromatic rings. The zero-order valence-electron chi connectivity index (χ0n) is 14.6. The van der Waals surface area contributed by atoms with E-state index in [9.17, 15) is 9.59 Å². The molecule has 0 aromatic heterocycles. The molecule has 1 fully saturated rings. The van der Waals surface area contributed by atoms with Gasteiger partial charge < -0.3 is 20.7 Å². The number of para-hydroxylation sites is 1. The van der Waals surface area contributed by atoms with E-state index in [-0.39, 0.29) is 23.8 Å². The third-order valence-corrected chi connectivity index (χ3v) is 4.23. The van der Waals surface area contributed by atoms with Crippen LogP contribution < -0.4 is 20.7 Å². The summed E-state index contributed by atoms with van der Waals surface area (Å²) in [4.78, 5) is 25.1. The van der Waals surface area contributed by atoms with Crippen molar-refractivity contribution in [3.63, 3.8) is 0 Å². The highest BCUT2D eigenvalue weighted by Gasteiger charge is 2.27. The minimum atomic E-state index is -0.579. The van der Waals surface area contributed by atoms with Crippen LogP contribution in [-0.4, -0.2) is 44.1 Å². The van der Waals surface area contributed by atoms with Crippen LogP contribution in [0.2, 0.25) is 0 Å². The van der Waals surface area contributed by atoms with Gasteiger partial charge in [0.2, 0.25) is 5.91 Å². The van der Waals surface area contributed by atoms with Crippen molar-refractivity contribution in [3.8, 4) is 5.75 Å². The van der Waals surface area contributed by atoms with E-state index in [0.29, 0.717) is 11.3 Å². The van der Waals surface area contributed by atoms with Gasteiger partial charge in [-0.3, -0.25) is 9.59 Å². The standard InChI is InChI=1S/C18H27N3O3/c1-12(2)16(18(23)20-13-7-6-10-19-11-13)21-17(22)14-8-4-5-9-15(14)24-3/h4-5,8-9,12-13,16,19H,6-7,10-11H2,1-3H3,(H,20,23)(H,21,22). The lowest BCUT2D eigenvalue weighted by atomic mass is 10.0. The Bertz CT molecular complexity index is 568. The van der Waals surface area contributed by atoms with E-state index in [4.69, 9.17) is 4.74 Å². The van der Waals surface area contributed by atoms with Gasteiger partial charge in [0.25, 0.3) is 5.91 Å². The average Bonchev–Trinajstić information content (AvgIpc) is 2.59. The van der Waals surface area contributed by atoms with Gasteiger partial charge in [-0.25, -0.2) is 0 Å². The Kier molecular flexibility index (Phi) is 6.61. The number of carbonyl (C=O) groups excluding carboxylic acids is 2. The van der Waals surface area contributed by atoms with E-state index < -0.39 is 6.04 Å². The molecule has 6 heteroatoms.